The fourth-order valence-corrected chi connectivity index (χ4v) is 2.71. The molecule has 0 fully saturated rings. The standard InChI is InChI=1S/C21H22N2O3/c1-15(25)20-14-21(17-8-6-16(7-9-17)12-13-24)23(22-20)18-4-3-5-19(26-2)11-10-18/h4-11,14-15,24-25H,12-13H2,1-2H3. The van der Waals surface area contributed by atoms with Gasteiger partial charge in [-0.15, -0.1) is 5.73 Å². The molecule has 0 spiro atoms. The Morgan fingerprint density at radius 1 is 1.19 bits per heavy atom. The summed E-state index contributed by atoms with van der Waals surface area (Å²) in [6.07, 6.45) is 7.29. The zero-order valence-electron chi connectivity index (χ0n) is 14.9. The number of allylic oxidation sites excluding steroid dienone is 4. The maximum Gasteiger partial charge on any atom is 0.126 e. The summed E-state index contributed by atoms with van der Waals surface area (Å²) >= 11 is 0. The predicted molar refractivity (Wildman–Crippen MR) is 101 cm³/mol. The normalized spacial score (nSPS) is 14.6. The number of methoxy groups -OCH3 is 1. The number of aliphatic hydroxyl groups excluding tert-OH is 2. The lowest BCUT2D eigenvalue weighted by molar-refractivity contribution is 0.194. The minimum atomic E-state index is -0.667. The molecule has 1 aromatic carbocycles. The Hall–Kier alpha value is -2.85. The number of benzene rings is 1. The Morgan fingerprint density at radius 3 is 2.62 bits per heavy atom. The molecule has 3 rings (SSSR count). The molecule has 0 bridgehead atoms. The molecule has 0 aliphatic heterocycles. The molecule has 1 unspecified atom stereocenters. The van der Waals surface area contributed by atoms with Crippen LogP contribution in [0.15, 0.2) is 66.1 Å². The van der Waals surface area contributed by atoms with Crippen molar-refractivity contribution in [2.24, 2.45) is 0 Å². The van der Waals surface area contributed by atoms with E-state index in [9.17, 15) is 5.11 Å². The van der Waals surface area contributed by atoms with E-state index >= 15 is 0 Å². The Morgan fingerprint density at radius 2 is 1.96 bits per heavy atom. The van der Waals surface area contributed by atoms with Crippen LogP contribution < -0.4 is 0 Å². The van der Waals surface area contributed by atoms with Crippen LogP contribution in [0, 0.1) is 0 Å². The molecule has 0 saturated carbocycles. The number of nitrogens with zero attached hydrogens (tertiary/aromatic N) is 2. The van der Waals surface area contributed by atoms with Gasteiger partial charge in [0, 0.05) is 24.3 Å². The van der Waals surface area contributed by atoms with Gasteiger partial charge in [0.2, 0.25) is 0 Å². The van der Waals surface area contributed by atoms with Gasteiger partial charge in [0.1, 0.15) is 5.76 Å². The average molecular weight is 350 g/mol. The van der Waals surface area contributed by atoms with E-state index in [0.29, 0.717) is 17.9 Å². The predicted octanol–water partition coefficient (Wildman–Crippen LogP) is 3.23. The van der Waals surface area contributed by atoms with Gasteiger partial charge in [-0.1, -0.05) is 24.3 Å². The summed E-state index contributed by atoms with van der Waals surface area (Å²) in [5.74, 6) is 0.703. The lowest BCUT2D eigenvalue weighted by Crippen LogP contribution is -2.01. The molecular weight excluding hydrogens is 328 g/mol. The van der Waals surface area contributed by atoms with Gasteiger partial charge in [-0.2, -0.15) is 5.10 Å². The van der Waals surface area contributed by atoms with Crippen LogP contribution in [-0.4, -0.2) is 33.7 Å². The van der Waals surface area contributed by atoms with Gasteiger partial charge in [0.15, 0.2) is 0 Å². The minimum Gasteiger partial charge on any atom is -0.496 e. The van der Waals surface area contributed by atoms with Crippen LogP contribution >= 0.6 is 0 Å². The first-order chi connectivity index (χ1) is 12.6. The summed E-state index contributed by atoms with van der Waals surface area (Å²) in [4.78, 5) is 0. The van der Waals surface area contributed by atoms with Gasteiger partial charge in [-0.05, 0) is 37.1 Å². The monoisotopic (exact) mass is 350 g/mol. The smallest absolute Gasteiger partial charge is 0.126 e. The molecule has 1 heterocycles. The van der Waals surface area contributed by atoms with Crippen LogP contribution in [0.5, 0.6) is 0 Å². The average Bonchev–Trinajstić information content (AvgIpc) is 2.95. The van der Waals surface area contributed by atoms with Crippen molar-refractivity contribution in [3.8, 4) is 11.3 Å². The third kappa shape index (κ3) is 3.86. The molecule has 5 heteroatoms. The highest BCUT2D eigenvalue weighted by molar-refractivity contribution is 5.70. The molecule has 0 amide bonds. The SMILES string of the molecule is COC1=CC=C(n2nc(C(C)O)cc2-c2ccc(CCO)cc2)C=C=C1. The van der Waals surface area contributed by atoms with E-state index in [-0.39, 0.29) is 6.61 Å². The molecule has 1 atom stereocenters. The summed E-state index contributed by atoms with van der Waals surface area (Å²) < 4.78 is 7.03. The summed E-state index contributed by atoms with van der Waals surface area (Å²) in [5.41, 5.74) is 7.41. The molecule has 2 aromatic rings. The van der Waals surface area contributed by atoms with Crippen molar-refractivity contribution in [3.05, 3.63) is 77.4 Å². The highest BCUT2D eigenvalue weighted by Crippen LogP contribution is 2.27. The second-order valence-corrected chi connectivity index (χ2v) is 6.03. The second kappa shape index (κ2) is 8.02. The number of hydrogen-bond donors (Lipinski definition) is 2. The summed E-state index contributed by atoms with van der Waals surface area (Å²) in [6, 6.07) is 9.86. The first-order valence-electron chi connectivity index (χ1n) is 8.49. The fraction of sp³-hybridized carbons (Fsp3) is 0.238. The van der Waals surface area contributed by atoms with E-state index in [2.05, 4.69) is 10.8 Å². The van der Waals surface area contributed by atoms with Crippen LogP contribution in [0.4, 0.5) is 0 Å². The molecule has 5 nitrogen and oxygen atoms in total. The summed E-state index contributed by atoms with van der Waals surface area (Å²) in [6.45, 7) is 1.82. The molecule has 26 heavy (non-hydrogen) atoms. The number of hydrogen-bond acceptors (Lipinski definition) is 4. The molecule has 1 aromatic heterocycles. The van der Waals surface area contributed by atoms with E-state index in [1.54, 1.807) is 24.8 Å². The van der Waals surface area contributed by atoms with Crippen LogP contribution in [0.25, 0.3) is 17.0 Å². The zero-order valence-corrected chi connectivity index (χ0v) is 14.9. The van der Waals surface area contributed by atoms with Crippen molar-refractivity contribution in [3.63, 3.8) is 0 Å². The number of ether oxygens (including phenoxy) is 1. The Kier molecular flexibility index (Phi) is 5.54. The molecule has 2 N–H and O–H groups in total. The molecule has 134 valence electrons. The van der Waals surface area contributed by atoms with Gasteiger partial charge >= 0.3 is 0 Å². The highest BCUT2D eigenvalue weighted by Gasteiger charge is 2.15. The Labute approximate surface area is 152 Å². The van der Waals surface area contributed by atoms with Crippen LogP contribution in [0.1, 0.15) is 24.3 Å². The number of aliphatic hydroxyl groups is 2. The molecule has 1 aliphatic rings. The zero-order chi connectivity index (χ0) is 18.5. The van der Waals surface area contributed by atoms with Crippen molar-refractivity contribution >= 4 is 5.70 Å². The second-order valence-electron chi connectivity index (χ2n) is 6.03. The van der Waals surface area contributed by atoms with Crippen LogP contribution in [-0.2, 0) is 11.2 Å². The van der Waals surface area contributed by atoms with Gasteiger partial charge in [0.25, 0.3) is 0 Å². The lowest BCUT2D eigenvalue weighted by atomic mass is 10.1. The largest absolute Gasteiger partial charge is 0.496 e. The van der Waals surface area contributed by atoms with Gasteiger partial charge in [-0.3, -0.25) is 0 Å². The topological polar surface area (TPSA) is 67.5 Å². The third-order valence-electron chi connectivity index (χ3n) is 4.16. The van der Waals surface area contributed by atoms with E-state index < -0.39 is 6.10 Å². The lowest BCUT2D eigenvalue weighted by Gasteiger charge is -2.08. The minimum absolute atomic E-state index is 0.127. The first-order valence-corrected chi connectivity index (χ1v) is 8.49. The van der Waals surface area contributed by atoms with Crippen LogP contribution in [0.2, 0.25) is 0 Å². The highest BCUT2D eigenvalue weighted by atomic mass is 16.5. The Balaban J connectivity index is 2.07. The van der Waals surface area contributed by atoms with Crippen molar-refractivity contribution in [2.45, 2.75) is 19.4 Å². The number of aromatic nitrogens is 2. The van der Waals surface area contributed by atoms with E-state index in [4.69, 9.17) is 9.84 Å². The first kappa shape index (κ1) is 18.0. The van der Waals surface area contributed by atoms with Crippen molar-refractivity contribution < 1.29 is 14.9 Å². The maximum absolute atomic E-state index is 9.97. The summed E-state index contributed by atoms with van der Waals surface area (Å²) in [5, 5.41) is 23.6. The van der Waals surface area contributed by atoms with Crippen molar-refractivity contribution in [1.82, 2.24) is 9.78 Å². The quantitative estimate of drug-likeness (QED) is 0.785. The van der Waals surface area contributed by atoms with Crippen molar-refractivity contribution in [2.75, 3.05) is 13.7 Å². The summed E-state index contributed by atoms with van der Waals surface area (Å²) in [7, 11) is 1.61. The van der Waals surface area contributed by atoms with Gasteiger partial charge in [-0.25, -0.2) is 4.68 Å². The van der Waals surface area contributed by atoms with Gasteiger partial charge in [0.05, 0.1) is 30.3 Å². The molecular formula is C21H22N2O3. The van der Waals surface area contributed by atoms with Crippen LogP contribution in [0.3, 0.4) is 0 Å². The molecule has 1 aliphatic carbocycles. The molecule has 0 saturated heterocycles. The fourth-order valence-electron chi connectivity index (χ4n) is 2.71. The molecule has 0 radical (unpaired) electrons. The Bertz CT molecular complexity index is 896. The van der Waals surface area contributed by atoms with E-state index in [1.807, 2.05) is 48.6 Å². The number of rotatable bonds is 6. The third-order valence-corrected chi connectivity index (χ3v) is 4.16. The maximum atomic E-state index is 9.97. The van der Waals surface area contributed by atoms with E-state index in [0.717, 1.165) is 22.5 Å². The van der Waals surface area contributed by atoms with Gasteiger partial charge < -0.3 is 14.9 Å². The van der Waals surface area contributed by atoms with E-state index in [1.165, 1.54) is 0 Å². The van der Waals surface area contributed by atoms with Crippen molar-refractivity contribution in [1.29, 1.82) is 0 Å².